The molecule has 0 aliphatic carbocycles. The highest BCUT2D eigenvalue weighted by Crippen LogP contribution is 2.24. The Kier molecular flexibility index (Phi) is 5.86. The smallest absolute Gasteiger partial charge is 0.125 e. The monoisotopic (exact) mass is 265 g/mol. The number of hydrogen-bond acceptors (Lipinski definition) is 3. The lowest BCUT2D eigenvalue weighted by Crippen LogP contribution is -2.30. The van der Waals surface area contributed by atoms with E-state index in [2.05, 4.69) is 34.9 Å². The molecule has 0 radical (unpaired) electrons. The molecule has 2 heterocycles. The highest BCUT2D eigenvalue weighted by molar-refractivity contribution is 5.00. The number of nitrogens with one attached hydrogen (secondary N) is 1. The lowest BCUT2D eigenvalue weighted by atomic mass is 10.0. The second-order valence-electron chi connectivity index (χ2n) is 5.31. The van der Waals surface area contributed by atoms with Crippen LogP contribution in [0.3, 0.4) is 0 Å². The first-order valence-corrected chi connectivity index (χ1v) is 7.71. The van der Waals surface area contributed by atoms with Crippen LogP contribution >= 0.6 is 0 Å². The van der Waals surface area contributed by atoms with Crippen molar-refractivity contribution < 1.29 is 4.74 Å². The van der Waals surface area contributed by atoms with Gasteiger partial charge in [-0.25, -0.2) is 4.98 Å². The molecule has 0 aromatic carbocycles. The molecular weight excluding hydrogens is 238 g/mol. The number of nitrogens with zero attached hydrogens (tertiary/aromatic N) is 2. The summed E-state index contributed by atoms with van der Waals surface area (Å²) < 4.78 is 8.15. The van der Waals surface area contributed by atoms with Crippen molar-refractivity contribution in [1.29, 1.82) is 0 Å². The molecule has 1 fully saturated rings. The van der Waals surface area contributed by atoms with Gasteiger partial charge in [0.05, 0.1) is 12.1 Å². The van der Waals surface area contributed by atoms with Gasteiger partial charge < -0.3 is 14.6 Å². The predicted octanol–water partition coefficient (Wildman–Crippen LogP) is 2.90. The van der Waals surface area contributed by atoms with Gasteiger partial charge in [-0.3, -0.25) is 0 Å². The van der Waals surface area contributed by atoms with E-state index in [1.54, 1.807) is 0 Å². The molecule has 1 aliphatic heterocycles. The van der Waals surface area contributed by atoms with Crippen LogP contribution < -0.4 is 5.32 Å². The number of aromatic nitrogens is 2. The maximum absolute atomic E-state index is 5.88. The zero-order valence-electron chi connectivity index (χ0n) is 12.3. The van der Waals surface area contributed by atoms with E-state index in [-0.39, 0.29) is 0 Å². The van der Waals surface area contributed by atoms with Crippen LogP contribution in [0.15, 0.2) is 12.4 Å². The first-order valence-electron chi connectivity index (χ1n) is 7.71. The summed E-state index contributed by atoms with van der Waals surface area (Å²) in [6.07, 6.45) is 10.3. The van der Waals surface area contributed by atoms with Crippen molar-refractivity contribution in [3.63, 3.8) is 0 Å². The van der Waals surface area contributed by atoms with E-state index < -0.39 is 0 Å². The van der Waals surface area contributed by atoms with Crippen molar-refractivity contribution >= 4 is 0 Å². The van der Waals surface area contributed by atoms with E-state index in [9.17, 15) is 0 Å². The van der Waals surface area contributed by atoms with Crippen LogP contribution in [0.2, 0.25) is 0 Å². The van der Waals surface area contributed by atoms with Crippen LogP contribution in [-0.4, -0.2) is 28.8 Å². The molecule has 19 heavy (non-hydrogen) atoms. The van der Waals surface area contributed by atoms with Crippen molar-refractivity contribution in [1.82, 2.24) is 14.9 Å². The Hall–Kier alpha value is -0.870. The minimum absolute atomic E-state index is 0.314. The maximum atomic E-state index is 5.88. The fourth-order valence-electron chi connectivity index (χ4n) is 2.84. The van der Waals surface area contributed by atoms with E-state index in [4.69, 9.17) is 4.74 Å². The Balaban J connectivity index is 2.02. The van der Waals surface area contributed by atoms with Crippen LogP contribution in [0.1, 0.15) is 57.8 Å². The van der Waals surface area contributed by atoms with E-state index in [0.29, 0.717) is 12.1 Å². The topological polar surface area (TPSA) is 39.1 Å². The minimum Gasteiger partial charge on any atom is -0.378 e. The molecule has 108 valence electrons. The summed E-state index contributed by atoms with van der Waals surface area (Å²) in [5.74, 6) is 1.16. The highest BCUT2D eigenvalue weighted by Gasteiger charge is 2.23. The molecule has 0 saturated carbocycles. The van der Waals surface area contributed by atoms with Gasteiger partial charge in [0.15, 0.2) is 0 Å². The molecule has 0 spiro atoms. The molecule has 2 unspecified atom stereocenters. The Morgan fingerprint density at radius 2 is 2.37 bits per heavy atom. The molecule has 4 nitrogen and oxygen atoms in total. The van der Waals surface area contributed by atoms with Gasteiger partial charge in [0.2, 0.25) is 0 Å². The van der Waals surface area contributed by atoms with Gasteiger partial charge in [0.25, 0.3) is 0 Å². The zero-order valence-corrected chi connectivity index (χ0v) is 12.3. The van der Waals surface area contributed by atoms with E-state index in [1.165, 1.54) is 19.3 Å². The van der Waals surface area contributed by atoms with Crippen molar-refractivity contribution in [2.24, 2.45) is 0 Å². The number of imidazole rings is 1. The summed E-state index contributed by atoms with van der Waals surface area (Å²) in [4.78, 5) is 4.56. The third-order valence-corrected chi connectivity index (χ3v) is 3.75. The lowest BCUT2D eigenvalue weighted by Gasteiger charge is -2.27. The standard InChI is InChI=1S/C15H27N3O/c1-3-9-18-10-8-17-15(18)14(16-4-2)12-13-7-5-6-11-19-13/h8,10,13-14,16H,3-7,9,11-12H2,1-2H3. The summed E-state index contributed by atoms with van der Waals surface area (Å²) in [6.45, 7) is 7.30. The van der Waals surface area contributed by atoms with Crippen molar-refractivity contribution in [3.8, 4) is 0 Å². The Bertz CT molecular complexity index is 358. The van der Waals surface area contributed by atoms with Gasteiger partial charge in [-0.1, -0.05) is 13.8 Å². The Morgan fingerprint density at radius 3 is 3.05 bits per heavy atom. The van der Waals surface area contributed by atoms with Gasteiger partial charge in [-0.15, -0.1) is 0 Å². The van der Waals surface area contributed by atoms with E-state index >= 15 is 0 Å². The van der Waals surface area contributed by atoms with Crippen LogP contribution in [0.5, 0.6) is 0 Å². The minimum atomic E-state index is 0.314. The SMILES string of the molecule is CCCn1ccnc1C(CC1CCCCO1)NCC. The van der Waals surface area contributed by atoms with E-state index in [0.717, 1.165) is 38.4 Å². The average Bonchev–Trinajstić information content (AvgIpc) is 2.88. The fourth-order valence-corrected chi connectivity index (χ4v) is 2.84. The molecule has 1 saturated heterocycles. The molecule has 1 N–H and O–H groups in total. The number of hydrogen-bond donors (Lipinski definition) is 1. The van der Waals surface area contributed by atoms with Crippen molar-refractivity contribution in [2.75, 3.05) is 13.2 Å². The molecule has 1 aromatic rings. The van der Waals surface area contributed by atoms with Gasteiger partial charge in [0, 0.05) is 25.5 Å². The van der Waals surface area contributed by atoms with E-state index in [1.807, 2.05) is 6.20 Å². The highest BCUT2D eigenvalue weighted by atomic mass is 16.5. The normalized spacial score (nSPS) is 21.5. The lowest BCUT2D eigenvalue weighted by molar-refractivity contribution is 0.00440. The second kappa shape index (κ2) is 7.65. The summed E-state index contributed by atoms with van der Waals surface area (Å²) in [6, 6.07) is 0.314. The number of rotatable bonds is 7. The van der Waals surface area contributed by atoms with Crippen LogP contribution in [-0.2, 0) is 11.3 Å². The van der Waals surface area contributed by atoms with Gasteiger partial charge >= 0.3 is 0 Å². The van der Waals surface area contributed by atoms with Crippen LogP contribution in [0.4, 0.5) is 0 Å². The quantitative estimate of drug-likeness (QED) is 0.824. The van der Waals surface area contributed by atoms with Gasteiger partial charge in [-0.05, 0) is 38.6 Å². The second-order valence-corrected chi connectivity index (χ2v) is 5.31. The Morgan fingerprint density at radius 1 is 1.47 bits per heavy atom. The van der Waals surface area contributed by atoms with Crippen LogP contribution in [0, 0.1) is 0 Å². The fraction of sp³-hybridized carbons (Fsp3) is 0.800. The molecular formula is C15H27N3O. The summed E-state index contributed by atoms with van der Waals surface area (Å²) >= 11 is 0. The summed E-state index contributed by atoms with van der Waals surface area (Å²) in [5.41, 5.74) is 0. The van der Waals surface area contributed by atoms with Crippen molar-refractivity contribution in [2.45, 2.75) is 64.6 Å². The summed E-state index contributed by atoms with van der Waals surface area (Å²) in [5, 5.41) is 3.57. The van der Waals surface area contributed by atoms with Crippen LogP contribution in [0.25, 0.3) is 0 Å². The van der Waals surface area contributed by atoms with Gasteiger partial charge in [-0.2, -0.15) is 0 Å². The number of ether oxygens (including phenoxy) is 1. The first-order chi connectivity index (χ1) is 9.35. The predicted molar refractivity (Wildman–Crippen MR) is 77.1 cm³/mol. The third-order valence-electron chi connectivity index (χ3n) is 3.75. The summed E-state index contributed by atoms with van der Waals surface area (Å²) in [7, 11) is 0. The maximum Gasteiger partial charge on any atom is 0.125 e. The van der Waals surface area contributed by atoms with Crippen molar-refractivity contribution in [3.05, 3.63) is 18.2 Å². The average molecular weight is 265 g/mol. The molecule has 2 rings (SSSR count). The van der Waals surface area contributed by atoms with Gasteiger partial charge in [0.1, 0.15) is 5.82 Å². The molecule has 1 aliphatic rings. The molecule has 0 bridgehead atoms. The Labute approximate surface area is 116 Å². The molecule has 0 amide bonds. The molecule has 4 heteroatoms. The largest absolute Gasteiger partial charge is 0.378 e. The molecule has 2 atom stereocenters. The number of aryl methyl sites for hydroxylation is 1. The zero-order chi connectivity index (χ0) is 13.5. The molecule has 1 aromatic heterocycles. The third kappa shape index (κ3) is 4.05. The first kappa shape index (κ1) is 14.5.